The third kappa shape index (κ3) is 3.07. The first-order valence-corrected chi connectivity index (χ1v) is 10.6. The summed E-state index contributed by atoms with van der Waals surface area (Å²) in [6.45, 7) is 6.86. The van der Waals surface area contributed by atoms with E-state index < -0.39 is 0 Å². The Kier molecular flexibility index (Phi) is 4.70. The maximum Gasteiger partial charge on any atom is 0.275 e. The van der Waals surface area contributed by atoms with Crippen molar-refractivity contribution in [3.05, 3.63) is 114 Å². The molecule has 5 rings (SSSR count). The maximum atomic E-state index is 13.7. The number of nitrogens with zero attached hydrogens (tertiary/aromatic N) is 3. The van der Waals surface area contributed by atoms with Gasteiger partial charge in [0.2, 0.25) is 0 Å². The van der Waals surface area contributed by atoms with Gasteiger partial charge in [-0.15, -0.1) is 6.58 Å². The van der Waals surface area contributed by atoms with Crippen molar-refractivity contribution in [2.24, 2.45) is 5.10 Å². The third-order valence-corrected chi connectivity index (χ3v) is 6.35. The van der Waals surface area contributed by atoms with Crippen LogP contribution in [0.3, 0.4) is 0 Å². The molecule has 0 fully saturated rings. The van der Waals surface area contributed by atoms with E-state index in [1.165, 1.54) is 5.56 Å². The molecule has 3 aromatic carbocycles. The Morgan fingerprint density at radius 1 is 1.03 bits per heavy atom. The van der Waals surface area contributed by atoms with E-state index in [-0.39, 0.29) is 17.5 Å². The van der Waals surface area contributed by atoms with E-state index in [1.807, 2.05) is 54.6 Å². The highest BCUT2D eigenvalue weighted by molar-refractivity contribution is 6.04. The van der Waals surface area contributed by atoms with Crippen LogP contribution in [0.2, 0.25) is 0 Å². The molecule has 2 heterocycles. The number of carbonyl (C=O) groups is 1. The molecule has 4 nitrogen and oxygen atoms in total. The first kappa shape index (κ1) is 19.3. The fraction of sp³-hybridized carbons (Fsp3) is 0.185. The van der Waals surface area contributed by atoms with Crippen LogP contribution in [0.15, 0.2) is 103 Å². The zero-order chi connectivity index (χ0) is 21.4. The minimum absolute atomic E-state index is 0.0909. The number of hydrogen-bond donors (Lipinski definition) is 0. The SMILES string of the molecule is C=CCN1c2ccccc2[C@]2(C)CC(c3ccccc3)=NN(C(=O)c3ccccc3)[C@H]12. The van der Waals surface area contributed by atoms with Crippen molar-refractivity contribution in [3.63, 3.8) is 0 Å². The van der Waals surface area contributed by atoms with E-state index in [0.29, 0.717) is 12.1 Å². The summed E-state index contributed by atoms with van der Waals surface area (Å²) in [5.41, 5.74) is 4.71. The van der Waals surface area contributed by atoms with Crippen LogP contribution in [0.4, 0.5) is 5.69 Å². The van der Waals surface area contributed by atoms with Crippen molar-refractivity contribution in [1.29, 1.82) is 0 Å². The lowest BCUT2D eigenvalue weighted by Crippen LogP contribution is -2.58. The van der Waals surface area contributed by atoms with Crippen molar-refractivity contribution < 1.29 is 4.79 Å². The van der Waals surface area contributed by atoms with E-state index >= 15 is 0 Å². The normalized spacial score (nSPS) is 21.8. The molecule has 0 saturated heterocycles. The molecule has 1 amide bonds. The summed E-state index contributed by atoms with van der Waals surface area (Å²) >= 11 is 0. The lowest BCUT2D eigenvalue weighted by Gasteiger charge is -2.45. The van der Waals surface area contributed by atoms with Gasteiger partial charge in [-0.05, 0) is 29.3 Å². The first-order chi connectivity index (χ1) is 15.1. The summed E-state index contributed by atoms with van der Waals surface area (Å²) in [7, 11) is 0. The molecule has 0 unspecified atom stereocenters. The molecule has 0 bridgehead atoms. The number of carbonyl (C=O) groups excluding carboxylic acids is 1. The van der Waals surface area contributed by atoms with Crippen molar-refractivity contribution in [2.75, 3.05) is 11.4 Å². The highest BCUT2D eigenvalue weighted by Gasteiger charge is 2.54. The predicted molar refractivity (Wildman–Crippen MR) is 125 cm³/mol. The van der Waals surface area contributed by atoms with Gasteiger partial charge in [-0.25, -0.2) is 5.01 Å². The van der Waals surface area contributed by atoms with Crippen molar-refractivity contribution in [2.45, 2.75) is 24.9 Å². The molecule has 0 radical (unpaired) electrons. The van der Waals surface area contributed by atoms with Gasteiger partial charge in [0.25, 0.3) is 5.91 Å². The molecule has 0 saturated carbocycles. The molecule has 0 spiro atoms. The van der Waals surface area contributed by atoms with Gasteiger partial charge >= 0.3 is 0 Å². The lowest BCUT2D eigenvalue weighted by atomic mass is 9.75. The summed E-state index contributed by atoms with van der Waals surface area (Å²) in [6.07, 6.45) is 2.43. The number of hydrogen-bond acceptors (Lipinski definition) is 3. The Bertz CT molecular complexity index is 1160. The average Bonchev–Trinajstić information content (AvgIpc) is 3.08. The second kappa shape index (κ2) is 7.55. The zero-order valence-corrected chi connectivity index (χ0v) is 17.6. The molecule has 154 valence electrons. The van der Waals surface area contributed by atoms with E-state index in [1.54, 1.807) is 5.01 Å². The van der Waals surface area contributed by atoms with Crippen LogP contribution in [-0.4, -0.2) is 29.3 Å². The van der Waals surface area contributed by atoms with Crippen LogP contribution in [0, 0.1) is 0 Å². The molecule has 31 heavy (non-hydrogen) atoms. The molecule has 3 aromatic rings. The van der Waals surface area contributed by atoms with Gasteiger partial charge in [0.05, 0.1) is 5.71 Å². The summed E-state index contributed by atoms with van der Waals surface area (Å²) in [5.74, 6) is -0.0909. The Morgan fingerprint density at radius 3 is 2.39 bits per heavy atom. The van der Waals surface area contributed by atoms with Crippen molar-refractivity contribution >= 4 is 17.3 Å². The molecule has 0 aliphatic carbocycles. The fourth-order valence-corrected chi connectivity index (χ4v) is 4.98. The van der Waals surface area contributed by atoms with Gasteiger partial charge in [0.15, 0.2) is 0 Å². The zero-order valence-electron chi connectivity index (χ0n) is 17.6. The fourth-order valence-electron chi connectivity index (χ4n) is 4.98. The van der Waals surface area contributed by atoms with Gasteiger partial charge in [-0.1, -0.05) is 79.7 Å². The number of para-hydroxylation sites is 1. The van der Waals surface area contributed by atoms with E-state index in [9.17, 15) is 4.79 Å². The number of anilines is 1. The topological polar surface area (TPSA) is 35.9 Å². The van der Waals surface area contributed by atoms with Crippen molar-refractivity contribution in [3.8, 4) is 0 Å². The summed E-state index contributed by atoms with van der Waals surface area (Å²) in [5, 5.41) is 6.66. The molecule has 2 atom stereocenters. The van der Waals surface area contributed by atoms with Crippen LogP contribution in [0.5, 0.6) is 0 Å². The third-order valence-electron chi connectivity index (χ3n) is 6.35. The monoisotopic (exact) mass is 407 g/mol. The molecular weight excluding hydrogens is 382 g/mol. The van der Waals surface area contributed by atoms with Crippen molar-refractivity contribution in [1.82, 2.24) is 5.01 Å². The number of benzene rings is 3. The number of fused-ring (bicyclic) bond motifs is 3. The standard InChI is InChI=1S/C27H25N3O/c1-3-18-29-24-17-11-10-16-22(24)27(2)19-23(20-12-6-4-7-13-20)28-30(26(27)29)25(31)21-14-8-5-9-15-21/h3-17,26H,1,18-19H2,2H3/t26-,27-/m0/s1. The molecule has 0 aromatic heterocycles. The second-order valence-electron chi connectivity index (χ2n) is 8.35. The minimum Gasteiger partial charge on any atom is -0.345 e. The predicted octanol–water partition coefficient (Wildman–Crippen LogP) is 5.23. The summed E-state index contributed by atoms with van der Waals surface area (Å²) < 4.78 is 0. The van der Waals surface area contributed by atoms with Gasteiger partial charge in [-0.2, -0.15) is 5.10 Å². The Hall–Kier alpha value is -3.66. The van der Waals surface area contributed by atoms with Crippen LogP contribution in [-0.2, 0) is 5.41 Å². The Morgan fingerprint density at radius 2 is 1.68 bits per heavy atom. The molecule has 4 heteroatoms. The minimum atomic E-state index is -0.295. The quantitative estimate of drug-likeness (QED) is 0.556. The molecular formula is C27H25N3O. The van der Waals surface area contributed by atoms with Crippen LogP contribution >= 0.6 is 0 Å². The van der Waals surface area contributed by atoms with Gasteiger partial charge in [0, 0.05) is 29.6 Å². The first-order valence-electron chi connectivity index (χ1n) is 10.6. The van der Waals surface area contributed by atoms with Crippen LogP contribution in [0.25, 0.3) is 0 Å². The van der Waals surface area contributed by atoms with E-state index in [4.69, 9.17) is 5.10 Å². The molecule has 2 aliphatic heterocycles. The van der Waals surface area contributed by atoms with E-state index in [2.05, 4.69) is 54.8 Å². The Labute approximate surface area is 183 Å². The highest BCUT2D eigenvalue weighted by Crippen LogP contribution is 2.51. The number of amides is 1. The average molecular weight is 408 g/mol. The van der Waals surface area contributed by atoms with Gasteiger partial charge in [0.1, 0.15) is 6.17 Å². The van der Waals surface area contributed by atoms with Gasteiger partial charge < -0.3 is 4.90 Å². The number of hydrazone groups is 1. The lowest BCUT2D eigenvalue weighted by molar-refractivity contribution is 0.0577. The van der Waals surface area contributed by atoms with Gasteiger partial charge in [-0.3, -0.25) is 4.79 Å². The highest BCUT2D eigenvalue weighted by atomic mass is 16.2. The molecule has 0 N–H and O–H groups in total. The molecule has 2 aliphatic rings. The number of rotatable bonds is 4. The Balaban J connectivity index is 1.70. The maximum absolute atomic E-state index is 13.7. The summed E-state index contributed by atoms with van der Waals surface area (Å²) in [6, 6.07) is 28.0. The second-order valence-corrected chi connectivity index (χ2v) is 8.35. The van der Waals surface area contributed by atoms with E-state index in [0.717, 1.165) is 23.4 Å². The van der Waals surface area contributed by atoms with Crippen LogP contribution in [0.1, 0.15) is 34.8 Å². The summed E-state index contributed by atoms with van der Waals surface area (Å²) in [4.78, 5) is 16.0. The smallest absolute Gasteiger partial charge is 0.275 e. The largest absolute Gasteiger partial charge is 0.345 e. The van der Waals surface area contributed by atoms with Crippen LogP contribution < -0.4 is 4.90 Å².